The van der Waals surface area contributed by atoms with Gasteiger partial charge in [0.2, 0.25) is 0 Å². The minimum Gasteiger partial charge on any atom is -0.331 e. The van der Waals surface area contributed by atoms with Gasteiger partial charge in [-0.15, -0.1) is 0 Å². The molecule has 1 aromatic rings. The molecule has 4 aliphatic rings. The van der Waals surface area contributed by atoms with Crippen LogP contribution in [0, 0.1) is 17.8 Å². The van der Waals surface area contributed by atoms with Crippen LogP contribution in [0.2, 0.25) is 0 Å². The first-order valence-electron chi connectivity index (χ1n) is 8.47. The van der Waals surface area contributed by atoms with E-state index >= 15 is 0 Å². The number of hydrogen-bond donors (Lipinski definition) is 2. The van der Waals surface area contributed by atoms with Crippen molar-refractivity contribution < 1.29 is 4.79 Å². The minimum atomic E-state index is -0.166. The largest absolute Gasteiger partial charge is 0.335 e. The summed E-state index contributed by atoms with van der Waals surface area (Å²) in [5, 5.41) is 7.32. The standard InChI is InChI=1S/C18H22BrN3O/c19-16-3-1-12(2-4-16)11-20-22-17(23)21-18-8-13-5-14(9-18)7-15(6-13)10-18/h1-4,11,13-15H,5-10H2,(H2,21,22,23)/b20-11-. The maximum Gasteiger partial charge on any atom is 0.335 e. The summed E-state index contributed by atoms with van der Waals surface area (Å²) in [5.74, 6) is 2.48. The summed E-state index contributed by atoms with van der Waals surface area (Å²) in [6.07, 6.45) is 9.28. The lowest BCUT2D eigenvalue weighted by Crippen LogP contribution is -2.61. The third-order valence-corrected chi connectivity index (χ3v) is 6.20. The van der Waals surface area contributed by atoms with Gasteiger partial charge in [0.15, 0.2) is 0 Å². The third-order valence-electron chi connectivity index (χ3n) is 5.67. The fourth-order valence-electron chi connectivity index (χ4n) is 5.25. The van der Waals surface area contributed by atoms with Gasteiger partial charge in [-0.3, -0.25) is 0 Å². The summed E-state index contributed by atoms with van der Waals surface area (Å²) in [4.78, 5) is 12.2. The van der Waals surface area contributed by atoms with Crippen molar-refractivity contribution in [3.05, 3.63) is 34.3 Å². The summed E-state index contributed by atoms with van der Waals surface area (Å²) in [7, 11) is 0. The number of nitrogens with one attached hydrogen (secondary N) is 2. The second kappa shape index (κ2) is 5.93. The molecule has 5 heteroatoms. The number of benzene rings is 1. The molecule has 5 rings (SSSR count). The van der Waals surface area contributed by atoms with E-state index in [-0.39, 0.29) is 11.6 Å². The highest BCUT2D eigenvalue weighted by Gasteiger charge is 2.51. The Morgan fingerprint density at radius 3 is 2.22 bits per heavy atom. The van der Waals surface area contributed by atoms with E-state index in [4.69, 9.17) is 0 Å². The molecule has 0 spiro atoms. The average Bonchev–Trinajstić information content (AvgIpc) is 2.47. The number of urea groups is 1. The monoisotopic (exact) mass is 375 g/mol. The highest BCUT2D eigenvalue weighted by molar-refractivity contribution is 9.10. The van der Waals surface area contributed by atoms with Gasteiger partial charge >= 0.3 is 6.03 Å². The molecule has 122 valence electrons. The Balaban J connectivity index is 1.34. The van der Waals surface area contributed by atoms with E-state index in [1.807, 2.05) is 24.3 Å². The molecule has 2 amide bonds. The Hall–Kier alpha value is -1.36. The maximum atomic E-state index is 12.2. The Morgan fingerprint density at radius 2 is 1.65 bits per heavy atom. The normalized spacial score (nSPS) is 34.7. The Labute approximate surface area is 145 Å². The lowest BCUT2D eigenvalue weighted by molar-refractivity contribution is -0.0135. The SMILES string of the molecule is O=C(N/N=C\c1ccc(Br)cc1)NC12CC3CC(CC(C3)C1)C2. The molecule has 4 saturated carbocycles. The predicted octanol–water partition coefficient (Wildman–Crippen LogP) is 4.05. The van der Waals surface area contributed by atoms with Crippen molar-refractivity contribution in [2.75, 3.05) is 0 Å². The van der Waals surface area contributed by atoms with Gasteiger partial charge < -0.3 is 5.32 Å². The Morgan fingerprint density at radius 1 is 1.09 bits per heavy atom. The van der Waals surface area contributed by atoms with Crippen molar-refractivity contribution in [1.82, 2.24) is 10.7 Å². The average molecular weight is 376 g/mol. The van der Waals surface area contributed by atoms with Crippen LogP contribution in [-0.2, 0) is 0 Å². The smallest absolute Gasteiger partial charge is 0.331 e. The summed E-state index contributed by atoms with van der Waals surface area (Å²) < 4.78 is 1.03. The highest BCUT2D eigenvalue weighted by Crippen LogP contribution is 2.55. The van der Waals surface area contributed by atoms with Crippen LogP contribution in [0.1, 0.15) is 44.1 Å². The van der Waals surface area contributed by atoms with Gasteiger partial charge in [0.25, 0.3) is 0 Å². The number of hydrazone groups is 1. The van der Waals surface area contributed by atoms with Crippen molar-refractivity contribution in [2.45, 2.75) is 44.1 Å². The minimum absolute atomic E-state index is 0.0337. The zero-order valence-corrected chi connectivity index (χ0v) is 14.7. The van der Waals surface area contributed by atoms with Gasteiger partial charge in [-0.2, -0.15) is 5.10 Å². The molecule has 0 heterocycles. The summed E-state index contributed by atoms with van der Waals surface area (Å²) >= 11 is 3.40. The Kier molecular flexibility index (Phi) is 3.92. The van der Waals surface area contributed by atoms with Gasteiger partial charge in [0.1, 0.15) is 0 Å². The van der Waals surface area contributed by atoms with Crippen LogP contribution in [-0.4, -0.2) is 17.8 Å². The quantitative estimate of drug-likeness (QED) is 0.607. The van der Waals surface area contributed by atoms with Crippen LogP contribution in [0.4, 0.5) is 4.79 Å². The molecule has 0 radical (unpaired) electrons. The van der Waals surface area contributed by atoms with Gasteiger partial charge in [0, 0.05) is 10.0 Å². The molecule has 0 aliphatic heterocycles. The maximum absolute atomic E-state index is 12.2. The number of carbonyl (C=O) groups is 1. The number of halogens is 1. The molecule has 23 heavy (non-hydrogen) atoms. The molecule has 0 atom stereocenters. The molecule has 2 N–H and O–H groups in total. The molecule has 0 saturated heterocycles. The van der Waals surface area contributed by atoms with E-state index in [9.17, 15) is 4.79 Å². The number of amides is 2. The van der Waals surface area contributed by atoms with Crippen molar-refractivity contribution in [1.29, 1.82) is 0 Å². The second-order valence-corrected chi connectivity index (χ2v) is 8.49. The fraction of sp³-hybridized carbons (Fsp3) is 0.556. The van der Waals surface area contributed by atoms with Crippen LogP contribution in [0.15, 0.2) is 33.8 Å². The van der Waals surface area contributed by atoms with Gasteiger partial charge in [-0.05, 0) is 74.0 Å². The molecule has 4 nitrogen and oxygen atoms in total. The zero-order chi connectivity index (χ0) is 15.9. The first-order valence-corrected chi connectivity index (χ1v) is 9.26. The van der Waals surface area contributed by atoms with Gasteiger partial charge in [-0.1, -0.05) is 28.1 Å². The van der Waals surface area contributed by atoms with Crippen LogP contribution < -0.4 is 10.7 Å². The fourth-order valence-corrected chi connectivity index (χ4v) is 5.51. The van der Waals surface area contributed by atoms with Gasteiger partial charge in [-0.25, -0.2) is 10.2 Å². The van der Waals surface area contributed by atoms with E-state index in [1.165, 1.54) is 19.3 Å². The lowest BCUT2D eigenvalue weighted by Gasteiger charge is -2.56. The highest BCUT2D eigenvalue weighted by atomic mass is 79.9. The second-order valence-electron chi connectivity index (χ2n) is 7.57. The third kappa shape index (κ3) is 3.30. The van der Waals surface area contributed by atoms with Gasteiger partial charge in [0.05, 0.1) is 6.21 Å². The van der Waals surface area contributed by atoms with E-state index in [1.54, 1.807) is 6.21 Å². The van der Waals surface area contributed by atoms with Crippen molar-refractivity contribution in [3.63, 3.8) is 0 Å². The van der Waals surface area contributed by atoms with Crippen molar-refractivity contribution in [3.8, 4) is 0 Å². The molecule has 1 aromatic carbocycles. The van der Waals surface area contributed by atoms with E-state index in [2.05, 4.69) is 31.8 Å². The van der Waals surface area contributed by atoms with E-state index < -0.39 is 0 Å². The molecular formula is C18H22BrN3O. The first-order chi connectivity index (χ1) is 11.1. The lowest BCUT2D eigenvalue weighted by atomic mass is 9.53. The molecule has 4 fully saturated rings. The number of nitrogens with zero attached hydrogens (tertiary/aromatic N) is 1. The van der Waals surface area contributed by atoms with Crippen LogP contribution in [0.25, 0.3) is 0 Å². The molecule has 0 unspecified atom stereocenters. The zero-order valence-electron chi connectivity index (χ0n) is 13.1. The topological polar surface area (TPSA) is 53.5 Å². The predicted molar refractivity (Wildman–Crippen MR) is 94.3 cm³/mol. The number of hydrogen-bond acceptors (Lipinski definition) is 2. The molecule has 0 aromatic heterocycles. The van der Waals surface area contributed by atoms with Crippen LogP contribution in [0.3, 0.4) is 0 Å². The summed E-state index contributed by atoms with van der Waals surface area (Å²) in [5.41, 5.74) is 3.62. The van der Waals surface area contributed by atoms with E-state index in [0.29, 0.717) is 0 Å². The Bertz CT molecular complexity index is 590. The molecular weight excluding hydrogens is 354 g/mol. The van der Waals surface area contributed by atoms with Crippen molar-refractivity contribution in [2.24, 2.45) is 22.9 Å². The summed E-state index contributed by atoms with van der Waals surface area (Å²) in [6, 6.07) is 7.65. The van der Waals surface area contributed by atoms with Crippen LogP contribution in [0.5, 0.6) is 0 Å². The number of rotatable bonds is 3. The van der Waals surface area contributed by atoms with E-state index in [0.717, 1.165) is 47.1 Å². The first kappa shape index (κ1) is 15.2. The number of carbonyl (C=O) groups excluding carboxylic acids is 1. The molecule has 4 aliphatic carbocycles. The van der Waals surface area contributed by atoms with Crippen molar-refractivity contribution >= 4 is 28.2 Å². The molecule has 4 bridgehead atoms. The summed E-state index contributed by atoms with van der Waals surface area (Å²) in [6.45, 7) is 0. The van der Waals surface area contributed by atoms with Crippen LogP contribution >= 0.6 is 15.9 Å².